The molecule has 1 aliphatic heterocycles. The molecule has 0 bridgehead atoms. The molecule has 174 valence electrons. The maximum atomic E-state index is 13.0. The number of benzene rings is 2. The van der Waals surface area contributed by atoms with Gasteiger partial charge >= 0.3 is 0 Å². The highest BCUT2D eigenvalue weighted by molar-refractivity contribution is 7.89. The number of anilines is 1. The maximum absolute atomic E-state index is 13.0. The molecule has 1 fully saturated rings. The Hall–Kier alpha value is -3.04. The van der Waals surface area contributed by atoms with Crippen molar-refractivity contribution in [2.45, 2.75) is 50.3 Å². The van der Waals surface area contributed by atoms with E-state index in [1.54, 1.807) is 22.5 Å². The van der Waals surface area contributed by atoms with E-state index >= 15 is 0 Å². The number of aromatic nitrogens is 2. The Morgan fingerprint density at radius 2 is 1.76 bits per heavy atom. The topological polar surface area (TPSA) is 105 Å². The monoisotopic (exact) mass is 468 g/mol. The molecule has 8 nitrogen and oxygen atoms in total. The van der Waals surface area contributed by atoms with E-state index in [2.05, 4.69) is 15.5 Å². The number of nitrogens with zero attached hydrogens (tertiary/aromatic N) is 3. The normalized spacial score (nSPS) is 15.2. The highest BCUT2D eigenvalue weighted by Crippen LogP contribution is 2.23. The third-order valence-corrected chi connectivity index (χ3v) is 7.55. The van der Waals surface area contributed by atoms with E-state index in [1.165, 1.54) is 6.07 Å². The first-order valence-corrected chi connectivity index (χ1v) is 12.7. The van der Waals surface area contributed by atoms with Gasteiger partial charge in [-0.05, 0) is 50.1 Å². The molecule has 9 heteroatoms. The minimum atomic E-state index is -3.58. The number of rotatable bonds is 7. The molecule has 0 spiro atoms. The Morgan fingerprint density at radius 3 is 2.48 bits per heavy atom. The van der Waals surface area contributed by atoms with Gasteiger partial charge in [0.2, 0.25) is 27.7 Å². The van der Waals surface area contributed by atoms with Gasteiger partial charge in [-0.15, -0.1) is 10.2 Å². The fourth-order valence-electron chi connectivity index (χ4n) is 3.78. The predicted molar refractivity (Wildman–Crippen MR) is 125 cm³/mol. The van der Waals surface area contributed by atoms with Crippen molar-refractivity contribution in [1.82, 2.24) is 14.5 Å². The van der Waals surface area contributed by atoms with Crippen LogP contribution in [0.3, 0.4) is 0 Å². The second kappa shape index (κ2) is 10.3. The van der Waals surface area contributed by atoms with Crippen molar-refractivity contribution < 1.29 is 17.6 Å². The minimum Gasteiger partial charge on any atom is -0.421 e. The number of sulfonamides is 1. The standard InChI is InChI=1S/C24H28N4O4S/c1-18-9-11-19(12-10-18)24-27-26-23(32-24)14-13-22(29)25-20-7-6-8-21(17-20)33(30,31)28-15-4-2-3-5-16-28/h6-12,17H,2-5,13-16H2,1H3,(H,25,29). The van der Waals surface area contributed by atoms with Crippen molar-refractivity contribution in [3.63, 3.8) is 0 Å². The first-order chi connectivity index (χ1) is 15.9. The van der Waals surface area contributed by atoms with Crippen molar-refractivity contribution in [1.29, 1.82) is 0 Å². The molecule has 33 heavy (non-hydrogen) atoms. The molecule has 1 aromatic heterocycles. The average molecular weight is 469 g/mol. The zero-order valence-electron chi connectivity index (χ0n) is 18.7. The third-order valence-electron chi connectivity index (χ3n) is 5.65. The van der Waals surface area contributed by atoms with Crippen molar-refractivity contribution >= 4 is 21.6 Å². The molecule has 1 amide bonds. The van der Waals surface area contributed by atoms with Crippen LogP contribution in [-0.4, -0.2) is 41.9 Å². The summed E-state index contributed by atoms with van der Waals surface area (Å²) in [6, 6.07) is 14.2. The fraction of sp³-hybridized carbons (Fsp3) is 0.375. The first-order valence-electron chi connectivity index (χ1n) is 11.2. The molecule has 1 saturated heterocycles. The summed E-state index contributed by atoms with van der Waals surface area (Å²) >= 11 is 0. The van der Waals surface area contributed by atoms with Gasteiger partial charge in [0.15, 0.2) is 0 Å². The zero-order chi connectivity index (χ0) is 23.3. The molecule has 2 heterocycles. The second-order valence-corrected chi connectivity index (χ2v) is 10.2. The Bertz CT molecular complexity index is 1200. The number of hydrogen-bond acceptors (Lipinski definition) is 6. The van der Waals surface area contributed by atoms with Crippen LogP contribution in [0.2, 0.25) is 0 Å². The van der Waals surface area contributed by atoms with Crippen LogP contribution in [0.15, 0.2) is 57.8 Å². The van der Waals surface area contributed by atoms with Gasteiger partial charge in [0, 0.05) is 37.2 Å². The third kappa shape index (κ3) is 5.85. The van der Waals surface area contributed by atoms with Gasteiger partial charge in [-0.2, -0.15) is 4.31 Å². The van der Waals surface area contributed by atoms with E-state index in [0.717, 1.165) is 36.8 Å². The molecule has 1 N–H and O–H groups in total. The fourth-order valence-corrected chi connectivity index (χ4v) is 5.34. The molecule has 0 atom stereocenters. The van der Waals surface area contributed by atoms with Crippen LogP contribution >= 0.6 is 0 Å². The van der Waals surface area contributed by atoms with Gasteiger partial charge in [0.25, 0.3) is 0 Å². The number of amides is 1. The molecule has 0 unspecified atom stereocenters. The van der Waals surface area contributed by atoms with Crippen LogP contribution in [0.25, 0.3) is 11.5 Å². The predicted octanol–water partition coefficient (Wildman–Crippen LogP) is 4.18. The van der Waals surface area contributed by atoms with E-state index in [-0.39, 0.29) is 23.6 Å². The van der Waals surface area contributed by atoms with Crippen LogP contribution in [0.4, 0.5) is 5.69 Å². The Labute approximate surface area is 194 Å². The molecular formula is C24H28N4O4S. The summed E-state index contributed by atoms with van der Waals surface area (Å²) in [5.74, 6) is 0.532. The summed E-state index contributed by atoms with van der Waals surface area (Å²) < 4.78 is 33.2. The maximum Gasteiger partial charge on any atom is 0.247 e. The highest BCUT2D eigenvalue weighted by Gasteiger charge is 2.25. The van der Waals surface area contributed by atoms with E-state index in [0.29, 0.717) is 30.6 Å². The molecule has 4 rings (SSSR count). The van der Waals surface area contributed by atoms with E-state index < -0.39 is 10.0 Å². The van der Waals surface area contributed by atoms with Gasteiger partial charge in [-0.25, -0.2) is 8.42 Å². The number of nitrogens with one attached hydrogen (secondary N) is 1. The van der Waals surface area contributed by atoms with Crippen LogP contribution in [0.5, 0.6) is 0 Å². The second-order valence-electron chi connectivity index (χ2n) is 8.26. The van der Waals surface area contributed by atoms with Gasteiger partial charge < -0.3 is 9.73 Å². The summed E-state index contributed by atoms with van der Waals surface area (Å²) in [6.45, 7) is 3.07. The van der Waals surface area contributed by atoms with Gasteiger partial charge in [-0.3, -0.25) is 4.79 Å². The lowest BCUT2D eigenvalue weighted by atomic mass is 10.1. The minimum absolute atomic E-state index is 0.138. The van der Waals surface area contributed by atoms with Crippen molar-refractivity contribution in [3.05, 3.63) is 60.0 Å². The quantitative estimate of drug-likeness (QED) is 0.558. The highest BCUT2D eigenvalue weighted by atomic mass is 32.2. The van der Waals surface area contributed by atoms with Crippen LogP contribution in [0.1, 0.15) is 43.6 Å². The smallest absolute Gasteiger partial charge is 0.247 e. The lowest BCUT2D eigenvalue weighted by Crippen LogP contribution is -2.32. The molecule has 3 aromatic rings. The lowest BCUT2D eigenvalue weighted by molar-refractivity contribution is -0.116. The van der Waals surface area contributed by atoms with E-state index in [9.17, 15) is 13.2 Å². The van der Waals surface area contributed by atoms with Crippen molar-refractivity contribution in [2.24, 2.45) is 0 Å². The van der Waals surface area contributed by atoms with Crippen LogP contribution in [-0.2, 0) is 21.2 Å². The summed E-state index contributed by atoms with van der Waals surface area (Å²) in [5, 5.41) is 10.8. The molecule has 1 aliphatic rings. The van der Waals surface area contributed by atoms with Crippen molar-refractivity contribution in [2.75, 3.05) is 18.4 Å². The molecule has 0 radical (unpaired) electrons. The van der Waals surface area contributed by atoms with E-state index in [1.807, 2.05) is 31.2 Å². The Morgan fingerprint density at radius 1 is 1.03 bits per heavy atom. The van der Waals surface area contributed by atoms with Gasteiger partial charge in [0.1, 0.15) is 0 Å². The Kier molecular flexibility index (Phi) is 7.20. The largest absolute Gasteiger partial charge is 0.421 e. The Balaban J connectivity index is 1.36. The zero-order valence-corrected chi connectivity index (χ0v) is 19.5. The van der Waals surface area contributed by atoms with Crippen molar-refractivity contribution in [3.8, 4) is 11.5 Å². The number of aryl methyl sites for hydroxylation is 2. The lowest BCUT2D eigenvalue weighted by Gasteiger charge is -2.20. The van der Waals surface area contributed by atoms with Crippen LogP contribution < -0.4 is 5.32 Å². The SMILES string of the molecule is Cc1ccc(-c2nnc(CCC(=O)Nc3cccc(S(=O)(=O)N4CCCCCC4)c3)o2)cc1. The molecule has 2 aromatic carbocycles. The summed E-state index contributed by atoms with van der Waals surface area (Å²) in [5.41, 5.74) is 2.41. The summed E-state index contributed by atoms with van der Waals surface area (Å²) in [7, 11) is -3.58. The molecule has 0 saturated carbocycles. The average Bonchev–Trinajstić information content (AvgIpc) is 3.10. The number of hydrogen-bond donors (Lipinski definition) is 1. The first kappa shape index (κ1) is 23.1. The van der Waals surface area contributed by atoms with Crippen LogP contribution in [0, 0.1) is 6.92 Å². The number of carbonyl (C=O) groups is 1. The summed E-state index contributed by atoms with van der Waals surface area (Å²) in [4.78, 5) is 12.6. The van der Waals surface area contributed by atoms with E-state index in [4.69, 9.17) is 4.42 Å². The number of carbonyl (C=O) groups excluding carboxylic acids is 1. The molecular weight excluding hydrogens is 440 g/mol. The summed E-state index contributed by atoms with van der Waals surface area (Å²) in [6.07, 6.45) is 4.27. The van der Waals surface area contributed by atoms with Gasteiger partial charge in [0.05, 0.1) is 4.90 Å². The molecule has 0 aliphatic carbocycles. The van der Waals surface area contributed by atoms with Gasteiger partial charge in [-0.1, -0.05) is 36.6 Å².